The van der Waals surface area contributed by atoms with Crippen LogP contribution in [0.5, 0.6) is 11.5 Å². The number of hydrogen-bond donors (Lipinski definition) is 2. The zero-order valence-electron chi connectivity index (χ0n) is 15.9. The molecule has 0 saturated carbocycles. The molecule has 1 fully saturated rings. The van der Waals surface area contributed by atoms with Crippen molar-refractivity contribution in [3.8, 4) is 11.5 Å². The van der Waals surface area contributed by atoms with Gasteiger partial charge in [-0.25, -0.2) is 8.78 Å². The molecular formula is C21H22F2N2O4. The van der Waals surface area contributed by atoms with Crippen LogP contribution >= 0.6 is 0 Å². The van der Waals surface area contributed by atoms with E-state index in [1.165, 1.54) is 17.0 Å². The zero-order chi connectivity index (χ0) is 21.0. The Morgan fingerprint density at radius 1 is 1.14 bits per heavy atom. The first kappa shape index (κ1) is 20.6. The number of aromatic hydroxyl groups is 1. The maximum absolute atomic E-state index is 13.8. The minimum absolute atomic E-state index is 0.108. The number of benzene rings is 2. The molecule has 0 aromatic heterocycles. The van der Waals surface area contributed by atoms with Gasteiger partial charge in [-0.15, -0.1) is 0 Å². The zero-order valence-corrected chi connectivity index (χ0v) is 15.9. The van der Waals surface area contributed by atoms with Crippen molar-refractivity contribution < 1.29 is 28.2 Å². The summed E-state index contributed by atoms with van der Waals surface area (Å²) in [4.78, 5) is 26.3. The fourth-order valence-electron chi connectivity index (χ4n) is 3.16. The van der Waals surface area contributed by atoms with E-state index in [0.29, 0.717) is 37.7 Å². The second-order valence-electron chi connectivity index (χ2n) is 6.95. The number of rotatable bonds is 5. The number of halogens is 2. The van der Waals surface area contributed by atoms with Crippen molar-refractivity contribution in [2.24, 2.45) is 0 Å². The number of nitrogens with zero attached hydrogens (tertiary/aromatic N) is 1. The van der Waals surface area contributed by atoms with Gasteiger partial charge in [0.1, 0.15) is 23.1 Å². The lowest BCUT2D eigenvalue weighted by molar-refractivity contribution is -0.128. The van der Waals surface area contributed by atoms with Gasteiger partial charge in [-0.2, -0.15) is 0 Å². The Balaban J connectivity index is 1.49. The molecular weight excluding hydrogens is 382 g/mol. The lowest BCUT2D eigenvalue weighted by atomic mass is 10.0. The molecule has 6 nitrogen and oxygen atoms in total. The minimum Gasteiger partial charge on any atom is -0.508 e. The van der Waals surface area contributed by atoms with Gasteiger partial charge in [-0.1, -0.05) is 0 Å². The molecule has 8 heteroatoms. The first-order valence-electron chi connectivity index (χ1n) is 9.34. The second kappa shape index (κ2) is 8.89. The van der Waals surface area contributed by atoms with E-state index >= 15 is 0 Å². The number of nitrogens with one attached hydrogen (secondary N) is 1. The van der Waals surface area contributed by atoms with Gasteiger partial charge in [0.15, 0.2) is 6.10 Å². The molecule has 0 aliphatic carbocycles. The van der Waals surface area contributed by atoms with Crippen molar-refractivity contribution in [2.75, 3.05) is 13.1 Å². The van der Waals surface area contributed by atoms with Crippen molar-refractivity contribution in [1.29, 1.82) is 0 Å². The van der Waals surface area contributed by atoms with E-state index in [2.05, 4.69) is 5.32 Å². The van der Waals surface area contributed by atoms with E-state index in [4.69, 9.17) is 4.74 Å². The Morgan fingerprint density at radius 2 is 1.79 bits per heavy atom. The third-order valence-electron chi connectivity index (χ3n) is 4.81. The number of ether oxygens (including phenoxy) is 1. The van der Waals surface area contributed by atoms with Crippen LogP contribution in [-0.2, 0) is 4.79 Å². The van der Waals surface area contributed by atoms with Gasteiger partial charge in [0.2, 0.25) is 0 Å². The van der Waals surface area contributed by atoms with E-state index in [1.54, 1.807) is 19.1 Å². The SMILES string of the molecule is CC(Oc1ccc(O)cc1)C(=O)NC1CCN(C(=O)c2ccc(F)cc2F)CC1. The molecule has 0 bridgehead atoms. The Labute approximate surface area is 167 Å². The number of carbonyl (C=O) groups excluding carboxylic acids is 2. The van der Waals surface area contributed by atoms with Crippen LogP contribution in [-0.4, -0.2) is 47.1 Å². The van der Waals surface area contributed by atoms with Crippen molar-refractivity contribution >= 4 is 11.8 Å². The summed E-state index contributed by atoms with van der Waals surface area (Å²) >= 11 is 0. The Morgan fingerprint density at radius 3 is 2.41 bits per heavy atom. The fraction of sp³-hybridized carbons (Fsp3) is 0.333. The van der Waals surface area contributed by atoms with Crippen LogP contribution in [0.25, 0.3) is 0 Å². The Hall–Kier alpha value is -3.16. The first-order valence-corrected chi connectivity index (χ1v) is 9.34. The molecule has 2 aromatic rings. The normalized spacial score (nSPS) is 15.6. The number of likely N-dealkylation sites (tertiary alicyclic amines) is 1. The van der Waals surface area contributed by atoms with Crippen LogP contribution in [0.3, 0.4) is 0 Å². The number of hydrogen-bond acceptors (Lipinski definition) is 4. The van der Waals surface area contributed by atoms with Gasteiger partial charge in [0.25, 0.3) is 11.8 Å². The van der Waals surface area contributed by atoms with Gasteiger partial charge < -0.3 is 20.1 Å². The van der Waals surface area contributed by atoms with Crippen molar-refractivity contribution in [3.05, 3.63) is 59.7 Å². The Bertz CT molecular complexity index is 881. The molecule has 1 aliphatic rings. The number of piperidine rings is 1. The average molecular weight is 404 g/mol. The summed E-state index contributed by atoms with van der Waals surface area (Å²) in [6.07, 6.45) is 0.311. The van der Waals surface area contributed by atoms with Crippen LogP contribution in [0.1, 0.15) is 30.1 Å². The van der Waals surface area contributed by atoms with E-state index in [1.807, 2.05) is 0 Å². The largest absolute Gasteiger partial charge is 0.508 e. The molecule has 29 heavy (non-hydrogen) atoms. The van der Waals surface area contributed by atoms with Gasteiger partial charge in [-0.3, -0.25) is 9.59 Å². The summed E-state index contributed by atoms with van der Waals surface area (Å²) in [6.45, 7) is 2.33. The molecule has 0 radical (unpaired) electrons. The third-order valence-corrected chi connectivity index (χ3v) is 4.81. The van der Waals surface area contributed by atoms with Crippen LogP contribution in [0, 0.1) is 11.6 Å². The smallest absolute Gasteiger partial charge is 0.260 e. The summed E-state index contributed by atoms with van der Waals surface area (Å²) in [5.41, 5.74) is -0.162. The van der Waals surface area contributed by atoms with Gasteiger partial charge >= 0.3 is 0 Å². The van der Waals surface area contributed by atoms with Gasteiger partial charge in [-0.05, 0) is 56.2 Å². The molecule has 3 rings (SSSR count). The molecule has 154 valence electrons. The van der Waals surface area contributed by atoms with Crippen LogP contribution in [0.15, 0.2) is 42.5 Å². The highest BCUT2D eigenvalue weighted by molar-refractivity contribution is 5.94. The number of phenols is 1. The molecule has 1 aliphatic heterocycles. The van der Waals surface area contributed by atoms with E-state index in [9.17, 15) is 23.5 Å². The second-order valence-corrected chi connectivity index (χ2v) is 6.95. The summed E-state index contributed by atoms with van der Waals surface area (Å²) in [7, 11) is 0. The van der Waals surface area contributed by atoms with Crippen LogP contribution in [0.2, 0.25) is 0 Å². The lowest BCUT2D eigenvalue weighted by Crippen LogP contribution is -2.49. The van der Waals surface area contributed by atoms with Crippen LogP contribution in [0.4, 0.5) is 8.78 Å². The molecule has 1 atom stereocenters. The standard InChI is InChI=1S/C21H22F2N2O4/c1-13(29-17-5-3-16(26)4-6-17)20(27)24-15-8-10-25(11-9-15)21(28)18-7-2-14(22)12-19(18)23/h2-7,12-13,15,26H,8-11H2,1H3,(H,24,27). The maximum Gasteiger partial charge on any atom is 0.260 e. The average Bonchev–Trinajstić information content (AvgIpc) is 2.70. The highest BCUT2D eigenvalue weighted by Gasteiger charge is 2.27. The highest BCUT2D eigenvalue weighted by atomic mass is 19.1. The highest BCUT2D eigenvalue weighted by Crippen LogP contribution is 2.19. The molecule has 2 amide bonds. The molecule has 1 heterocycles. The monoisotopic (exact) mass is 404 g/mol. The lowest BCUT2D eigenvalue weighted by Gasteiger charge is -2.33. The Kier molecular flexibility index (Phi) is 6.31. The maximum atomic E-state index is 13.8. The molecule has 2 N–H and O–H groups in total. The minimum atomic E-state index is -0.884. The van der Waals surface area contributed by atoms with E-state index in [0.717, 1.165) is 12.1 Å². The number of carbonyl (C=O) groups is 2. The quantitative estimate of drug-likeness (QED) is 0.803. The first-order chi connectivity index (χ1) is 13.8. The van der Waals surface area contributed by atoms with Crippen molar-refractivity contribution in [3.63, 3.8) is 0 Å². The molecule has 1 unspecified atom stereocenters. The van der Waals surface area contributed by atoms with Crippen LogP contribution < -0.4 is 10.1 Å². The van der Waals surface area contributed by atoms with Gasteiger partial charge in [0, 0.05) is 25.2 Å². The van der Waals surface area contributed by atoms with Gasteiger partial charge in [0.05, 0.1) is 5.56 Å². The summed E-state index contributed by atoms with van der Waals surface area (Å²) in [6, 6.07) is 8.83. The topological polar surface area (TPSA) is 78.9 Å². The summed E-state index contributed by atoms with van der Waals surface area (Å²) in [5, 5.41) is 12.2. The predicted octanol–water partition coefficient (Wildman–Crippen LogP) is 2.86. The molecule has 1 saturated heterocycles. The van der Waals surface area contributed by atoms with Crippen molar-refractivity contribution in [2.45, 2.75) is 31.9 Å². The summed E-state index contributed by atoms with van der Waals surface area (Å²) in [5.74, 6) is -1.82. The third kappa shape index (κ3) is 5.22. The van der Waals surface area contributed by atoms with Crippen molar-refractivity contribution in [1.82, 2.24) is 10.2 Å². The number of phenolic OH excluding ortho intramolecular Hbond substituents is 1. The predicted molar refractivity (Wildman–Crippen MR) is 102 cm³/mol. The van der Waals surface area contributed by atoms with E-state index < -0.39 is 23.6 Å². The molecule has 0 spiro atoms. The number of amides is 2. The molecule has 2 aromatic carbocycles. The summed E-state index contributed by atoms with van der Waals surface area (Å²) < 4.78 is 32.4. The fourth-order valence-corrected chi connectivity index (χ4v) is 3.16. The van der Waals surface area contributed by atoms with E-state index in [-0.39, 0.29) is 23.3 Å².